The molecule has 2 aliphatic rings. The van der Waals surface area contributed by atoms with Crippen LogP contribution in [0.5, 0.6) is 0 Å². The van der Waals surface area contributed by atoms with E-state index in [-0.39, 0.29) is 17.6 Å². The number of piperidine rings is 1. The summed E-state index contributed by atoms with van der Waals surface area (Å²) in [6.07, 6.45) is 0.864. The van der Waals surface area contributed by atoms with Crippen molar-refractivity contribution in [2.75, 3.05) is 23.7 Å². The van der Waals surface area contributed by atoms with Gasteiger partial charge in [0.1, 0.15) is 16.4 Å². The van der Waals surface area contributed by atoms with Gasteiger partial charge < -0.3 is 4.90 Å². The topological polar surface area (TPSA) is 57.7 Å². The molecular weight excluding hydrogens is 367 g/mol. The molecule has 1 spiro atoms. The summed E-state index contributed by atoms with van der Waals surface area (Å²) in [5, 5.41) is 0. The van der Waals surface area contributed by atoms with Crippen molar-refractivity contribution in [3.63, 3.8) is 0 Å². The Hall–Kier alpha value is -2.54. The van der Waals surface area contributed by atoms with Crippen molar-refractivity contribution in [2.45, 2.75) is 17.7 Å². The van der Waals surface area contributed by atoms with E-state index >= 15 is 0 Å². The van der Waals surface area contributed by atoms with E-state index in [1.807, 2.05) is 30.3 Å². The second-order valence-electron chi connectivity index (χ2n) is 6.80. The van der Waals surface area contributed by atoms with Crippen LogP contribution in [0.1, 0.15) is 23.2 Å². The number of benzene rings is 2. The van der Waals surface area contributed by atoms with Gasteiger partial charge in [0.05, 0.1) is 10.8 Å². The molecule has 2 fully saturated rings. The third kappa shape index (κ3) is 3.06. The number of nitrogens with zero attached hydrogens (tertiary/aromatic N) is 2. The van der Waals surface area contributed by atoms with Crippen molar-refractivity contribution in [3.05, 3.63) is 66.0 Å². The first-order valence-corrected chi connectivity index (χ1v) is 10.1. The van der Waals surface area contributed by atoms with Crippen LogP contribution in [-0.4, -0.2) is 44.6 Å². The highest BCUT2D eigenvalue weighted by Crippen LogP contribution is 2.40. The fourth-order valence-corrected chi connectivity index (χ4v) is 5.58. The van der Waals surface area contributed by atoms with Gasteiger partial charge in [-0.1, -0.05) is 24.3 Å². The molecule has 140 valence electrons. The number of amides is 2. The molecule has 0 bridgehead atoms. The Kier molecular flexibility index (Phi) is 4.55. The first-order valence-electron chi connectivity index (χ1n) is 8.83. The van der Waals surface area contributed by atoms with Gasteiger partial charge in [0.2, 0.25) is 5.91 Å². The van der Waals surface area contributed by atoms with Crippen LogP contribution in [0, 0.1) is 5.82 Å². The zero-order chi connectivity index (χ0) is 19.0. The first-order chi connectivity index (χ1) is 13.0. The standard InChI is InChI=1S/C20H19FN2O3S/c21-16-6-4-5-15(13-16)19(25)22-11-9-20(10-12-22)23(18(24)14-27(20)26)17-7-2-1-3-8-17/h1-8,13H,9-12,14H2/t27-/m0/s1. The zero-order valence-corrected chi connectivity index (χ0v) is 15.5. The molecule has 0 aromatic heterocycles. The smallest absolute Gasteiger partial charge is 0.253 e. The first kappa shape index (κ1) is 17.9. The Morgan fingerprint density at radius 2 is 1.74 bits per heavy atom. The monoisotopic (exact) mass is 386 g/mol. The highest BCUT2D eigenvalue weighted by atomic mass is 32.2. The fraction of sp³-hybridized carbons (Fsp3) is 0.300. The minimum atomic E-state index is -1.33. The van der Waals surface area contributed by atoms with Crippen LogP contribution >= 0.6 is 0 Å². The average molecular weight is 386 g/mol. The molecule has 2 aromatic rings. The summed E-state index contributed by atoms with van der Waals surface area (Å²) in [6, 6.07) is 14.9. The van der Waals surface area contributed by atoms with Crippen LogP contribution < -0.4 is 4.90 Å². The van der Waals surface area contributed by atoms with E-state index in [9.17, 15) is 18.2 Å². The van der Waals surface area contributed by atoms with Gasteiger partial charge in [0.25, 0.3) is 5.91 Å². The molecule has 2 saturated heterocycles. The second kappa shape index (κ2) is 6.88. The van der Waals surface area contributed by atoms with Crippen LogP contribution in [0.3, 0.4) is 0 Å². The highest BCUT2D eigenvalue weighted by Gasteiger charge is 2.53. The molecule has 4 rings (SSSR count). The number of para-hydroxylation sites is 1. The third-order valence-corrected chi connectivity index (χ3v) is 7.20. The molecule has 2 heterocycles. The average Bonchev–Trinajstić information content (AvgIpc) is 2.92. The Morgan fingerprint density at radius 1 is 1.04 bits per heavy atom. The van der Waals surface area contributed by atoms with Gasteiger partial charge >= 0.3 is 0 Å². The number of rotatable bonds is 2. The van der Waals surface area contributed by atoms with Gasteiger partial charge in [-0.05, 0) is 30.3 Å². The molecular formula is C20H19FN2O3S. The van der Waals surface area contributed by atoms with E-state index in [0.717, 1.165) is 5.69 Å². The predicted molar refractivity (Wildman–Crippen MR) is 101 cm³/mol. The van der Waals surface area contributed by atoms with E-state index in [2.05, 4.69) is 0 Å². The molecule has 0 saturated carbocycles. The lowest BCUT2D eigenvalue weighted by atomic mass is 10.00. The molecule has 0 aliphatic carbocycles. The van der Waals surface area contributed by atoms with Crippen LogP contribution in [0.4, 0.5) is 10.1 Å². The second-order valence-corrected chi connectivity index (χ2v) is 8.54. The van der Waals surface area contributed by atoms with Crippen molar-refractivity contribution in [2.24, 2.45) is 0 Å². The van der Waals surface area contributed by atoms with E-state index in [1.165, 1.54) is 18.2 Å². The maximum Gasteiger partial charge on any atom is 0.253 e. The lowest BCUT2D eigenvalue weighted by Gasteiger charge is -2.43. The Bertz CT molecular complexity index is 910. The normalized spacial score (nSPS) is 21.7. The minimum Gasteiger partial charge on any atom is -0.338 e. The number of hydrogen-bond acceptors (Lipinski definition) is 3. The van der Waals surface area contributed by atoms with Crippen molar-refractivity contribution in [3.8, 4) is 0 Å². The molecule has 2 aromatic carbocycles. The summed E-state index contributed by atoms with van der Waals surface area (Å²) in [4.78, 5) is 27.7. The molecule has 0 N–H and O–H groups in total. The lowest BCUT2D eigenvalue weighted by molar-refractivity contribution is -0.116. The van der Waals surface area contributed by atoms with E-state index < -0.39 is 21.5 Å². The molecule has 27 heavy (non-hydrogen) atoms. The molecule has 0 unspecified atom stereocenters. The van der Waals surface area contributed by atoms with Gasteiger partial charge in [-0.3, -0.25) is 18.7 Å². The molecule has 1 atom stereocenters. The fourth-order valence-electron chi connectivity index (χ4n) is 3.91. The molecule has 2 amide bonds. The summed E-state index contributed by atoms with van der Waals surface area (Å²) in [5.74, 6) is -0.838. The predicted octanol–water partition coefficient (Wildman–Crippen LogP) is 2.55. The highest BCUT2D eigenvalue weighted by molar-refractivity contribution is 7.88. The third-order valence-electron chi connectivity index (χ3n) is 5.25. The largest absolute Gasteiger partial charge is 0.338 e. The number of carbonyl (C=O) groups is 2. The van der Waals surface area contributed by atoms with Crippen LogP contribution in [-0.2, 0) is 15.6 Å². The van der Waals surface area contributed by atoms with Gasteiger partial charge in [-0.2, -0.15) is 0 Å². The summed E-state index contributed by atoms with van der Waals surface area (Å²) in [6.45, 7) is 0.745. The molecule has 7 heteroatoms. The van der Waals surface area contributed by atoms with Crippen molar-refractivity contribution < 1.29 is 18.2 Å². The van der Waals surface area contributed by atoms with Crippen molar-refractivity contribution in [1.29, 1.82) is 0 Å². The van der Waals surface area contributed by atoms with Crippen LogP contribution in [0.15, 0.2) is 54.6 Å². The van der Waals surface area contributed by atoms with E-state index in [0.29, 0.717) is 31.5 Å². The van der Waals surface area contributed by atoms with E-state index in [1.54, 1.807) is 15.9 Å². The van der Waals surface area contributed by atoms with Gasteiger partial charge in [0.15, 0.2) is 0 Å². The van der Waals surface area contributed by atoms with Crippen molar-refractivity contribution >= 4 is 28.3 Å². The molecule has 5 nitrogen and oxygen atoms in total. The summed E-state index contributed by atoms with van der Waals surface area (Å²) >= 11 is 0. The molecule has 2 aliphatic heterocycles. The number of anilines is 1. The number of carbonyl (C=O) groups excluding carboxylic acids is 2. The van der Waals surface area contributed by atoms with Gasteiger partial charge in [-0.25, -0.2) is 4.39 Å². The maximum absolute atomic E-state index is 13.4. The summed E-state index contributed by atoms with van der Waals surface area (Å²) in [5.41, 5.74) is 1.03. The number of likely N-dealkylation sites (tertiary alicyclic amines) is 1. The van der Waals surface area contributed by atoms with Gasteiger partial charge in [0, 0.05) is 37.2 Å². The van der Waals surface area contributed by atoms with Crippen molar-refractivity contribution in [1.82, 2.24) is 4.90 Å². The minimum absolute atomic E-state index is 0.00668. The van der Waals surface area contributed by atoms with Crippen LogP contribution in [0.2, 0.25) is 0 Å². The number of hydrogen-bond donors (Lipinski definition) is 0. The number of halogens is 1. The van der Waals surface area contributed by atoms with E-state index in [4.69, 9.17) is 0 Å². The van der Waals surface area contributed by atoms with Gasteiger partial charge in [-0.15, -0.1) is 0 Å². The summed E-state index contributed by atoms with van der Waals surface area (Å²) < 4.78 is 26.2. The SMILES string of the molecule is O=C(c1cccc(F)c1)N1CCC2(CC1)N(c1ccccc1)C(=O)C[S@@]2=O. The Morgan fingerprint density at radius 3 is 2.41 bits per heavy atom. The zero-order valence-electron chi connectivity index (χ0n) is 14.6. The molecule has 0 radical (unpaired) electrons. The quantitative estimate of drug-likeness (QED) is 0.797. The maximum atomic E-state index is 13.4. The Labute approximate surface area is 159 Å². The summed E-state index contributed by atoms with van der Waals surface area (Å²) in [7, 11) is -1.33. The van der Waals surface area contributed by atoms with Crippen LogP contribution in [0.25, 0.3) is 0 Å². The lowest BCUT2D eigenvalue weighted by Crippen LogP contribution is -2.56. The Balaban J connectivity index is 1.57.